The maximum Gasteiger partial charge on any atom is 0.522 e. The monoisotopic (exact) mass is 502 g/mol. The van der Waals surface area contributed by atoms with Crippen LogP contribution < -0.4 is 10.2 Å². The van der Waals surface area contributed by atoms with Gasteiger partial charge in [0.1, 0.15) is 6.61 Å². The lowest BCUT2D eigenvalue weighted by molar-refractivity contribution is -0.357. The number of nitrogens with one attached hydrogen (secondary N) is 1. The normalized spacial score (nSPS) is 28.4. The maximum absolute atomic E-state index is 12.2. The number of rotatable bonds is 8. The Kier molecular flexibility index (Phi) is 7.24. The number of aromatic nitrogens is 2. The van der Waals surface area contributed by atoms with Gasteiger partial charge in [-0.1, -0.05) is 5.10 Å². The lowest BCUT2D eigenvalue weighted by atomic mass is 9.82. The fourth-order valence-corrected chi connectivity index (χ4v) is 4.19. The van der Waals surface area contributed by atoms with E-state index in [9.17, 15) is 31.1 Å². The van der Waals surface area contributed by atoms with Crippen molar-refractivity contribution in [2.75, 3.05) is 24.6 Å². The molecule has 34 heavy (non-hydrogen) atoms. The summed E-state index contributed by atoms with van der Waals surface area (Å²) in [5.41, 5.74) is 0. The van der Waals surface area contributed by atoms with Gasteiger partial charge in [-0.05, 0) is 25.7 Å². The molecule has 0 spiro atoms. The Labute approximate surface area is 190 Å². The minimum absolute atomic E-state index is 0.0915. The minimum Gasteiger partial charge on any atom is -0.408 e. The third-order valence-corrected chi connectivity index (χ3v) is 6.11. The van der Waals surface area contributed by atoms with E-state index in [4.69, 9.17) is 9.15 Å². The van der Waals surface area contributed by atoms with Gasteiger partial charge in [0, 0.05) is 37.9 Å². The highest BCUT2D eigenvalue weighted by Gasteiger charge is 2.43. The second-order valence-corrected chi connectivity index (χ2v) is 8.70. The molecule has 3 fully saturated rings. The second kappa shape index (κ2) is 9.85. The van der Waals surface area contributed by atoms with E-state index < -0.39 is 31.0 Å². The topological polar surface area (TPSA) is 99.0 Å². The standard InChI is InChI=1S/C19H24F6N4O5/c20-18(21,22)33-13-5-10(6-13)16-27-28-17(32-16)29-3-1-11(2-4-29)26-15(30)9-31-12-7-14(8-12)34-19(23,24)25/h10-14H,1-9H2,(H,26,30)/t10?,12-,13?,14-. The molecule has 1 aromatic rings. The van der Waals surface area contributed by atoms with Crippen molar-refractivity contribution in [1.29, 1.82) is 0 Å². The van der Waals surface area contributed by atoms with Gasteiger partial charge in [-0.3, -0.25) is 14.3 Å². The zero-order chi connectivity index (χ0) is 24.5. The van der Waals surface area contributed by atoms with Crippen molar-refractivity contribution in [3.8, 4) is 0 Å². The van der Waals surface area contributed by atoms with Gasteiger partial charge >= 0.3 is 18.7 Å². The van der Waals surface area contributed by atoms with Gasteiger partial charge in [-0.15, -0.1) is 31.4 Å². The second-order valence-electron chi connectivity index (χ2n) is 8.70. The van der Waals surface area contributed by atoms with E-state index in [-0.39, 0.29) is 62.1 Å². The molecule has 1 aromatic heterocycles. The largest absolute Gasteiger partial charge is 0.522 e. The molecular weight excluding hydrogens is 478 g/mol. The van der Waals surface area contributed by atoms with E-state index in [0.717, 1.165) is 0 Å². The summed E-state index contributed by atoms with van der Waals surface area (Å²) in [6.07, 6.45) is -9.89. The molecule has 1 saturated heterocycles. The fraction of sp³-hybridized carbons (Fsp3) is 0.842. The Morgan fingerprint density at radius 3 is 2.12 bits per heavy atom. The molecule has 0 radical (unpaired) electrons. The van der Waals surface area contributed by atoms with Crippen LogP contribution in [0.2, 0.25) is 0 Å². The molecule has 0 bridgehead atoms. The van der Waals surface area contributed by atoms with E-state index in [1.165, 1.54) is 0 Å². The molecule has 9 nitrogen and oxygen atoms in total. The molecule has 2 heterocycles. The van der Waals surface area contributed by atoms with Crippen molar-refractivity contribution >= 4 is 11.9 Å². The Bertz CT molecular complexity index is 830. The molecular formula is C19H24F6N4O5. The van der Waals surface area contributed by atoms with Gasteiger partial charge in [-0.25, -0.2) is 0 Å². The number of carbonyl (C=O) groups is 1. The molecule has 0 unspecified atom stereocenters. The number of nitrogens with zero attached hydrogens (tertiary/aromatic N) is 3. The number of carbonyl (C=O) groups excluding carboxylic acids is 1. The zero-order valence-corrected chi connectivity index (χ0v) is 17.9. The number of halogens is 6. The van der Waals surface area contributed by atoms with E-state index in [1.54, 1.807) is 0 Å². The molecule has 1 aliphatic heterocycles. The number of anilines is 1. The van der Waals surface area contributed by atoms with Gasteiger partial charge in [0.05, 0.1) is 18.3 Å². The van der Waals surface area contributed by atoms with Crippen LogP contribution in [0.3, 0.4) is 0 Å². The van der Waals surface area contributed by atoms with Gasteiger partial charge in [0.2, 0.25) is 11.8 Å². The van der Waals surface area contributed by atoms with Crippen molar-refractivity contribution in [3.63, 3.8) is 0 Å². The SMILES string of the molecule is O=C(CO[C@H]1C[C@H](OC(F)(F)F)C1)NC1CCN(c2nnc(C3CC(OC(F)(F)F)C3)o2)CC1. The first-order valence-corrected chi connectivity index (χ1v) is 10.9. The number of hydrogen-bond acceptors (Lipinski definition) is 8. The van der Waals surface area contributed by atoms with Crippen LogP contribution in [0.15, 0.2) is 4.42 Å². The van der Waals surface area contributed by atoms with Crippen LogP contribution in [0.5, 0.6) is 0 Å². The first-order chi connectivity index (χ1) is 15.9. The maximum atomic E-state index is 12.2. The summed E-state index contributed by atoms with van der Waals surface area (Å²) >= 11 is 0. The van der Waals surface area contributed by atoms with Crippen molar-refractivity contribution in [2.45, 2.75) is 81.5 Å². The molecule has 15 heteroatoms. The van der Waals surface area contributed by atoms with Crippen molar-refractivity contribution in [2.24, 2.45) is 0 Å². The van der Waals surface area contributed by atoms with Crippen LogP contribution >= 0.6 is 0 Å². The summed E-state index contributed by atoms with van der Waals surface area (Å²) in [6, 6.07) is 0.174. The Hall–Kier alpha value is -2.13. The van der Waals surface area contributed by atoms with Crippen LogP contribution in [0.1, 0.15) is 50.3 Å². The average molecular weight is 502 g/mol. The first-order valence-electron chi connectivity index (χ1n) is 10.9. The summed E-state index contributed by atoms with van der Waals surface area (Å²) in [5.74, 6) is -0.334. The smallest absolute Gasteiger partial charge is 0.408 e. The summed E-state index contributed by atoms with van der Waals surface area (Å²) in [4.78, 5) is 13.9. The van der Waals surface area contributed by atoms with Crippen LogP contribution in [-0.4, -0.2) is 72.9 Å². The summed E-state index contributed by atoms with van der Waals surface area (Å²) in [5, 5.41) is 10.8. The lowest BCUT2D eigenvalue weighted by Crippen LogP contribution is -2.47. The number of piperidine rings is 1. The van der Waals surface area contributed by atoms with E-state index in [2.05, 4.69) is 25.0 Å². The van der Waals surface area contributed by atoms with E-state index in [1.807, 2.05) is 4.90 Å². The minimum atomic E-state index is -4.67. The first kappa shape index (κ1) is 25.0. The van der Waals surface area contributed by atoms with E-state index in [0.29, 0.717) is 25.9 Å². The summed E-state index contributed by atoms with van der Waals surface area (Å²) in [6.45, 7) is 0.811. The Balaban J connectivity index is 1.11. The Morgan fingerprint density at radius 1 is 0.941 bits per heavy atom. The number of ether oxygens (including phenoxy) is 3. The molecule has 192 valence electrons. The van der Waals surface area contributed by atoms with Gasteiger partial charge in [0.15, 0.2) is 0 Å². The number of alkyl halides is 6. The Morgan fingerprint density at radius 2 is 1.53 bits per heavy atom. The fourth-order valence-electron chi connectivity index (χ4n) is 4.19. The number of amides is 1. The van der Waals surface area contributed by atoms with Crippen molar-refractivity contribution < 1.29 is 49.8 Å². The third kappa shape index (κ3) is 6.95. The van der Waals surface area contributed by atoms with Gasteiger partial charge < -0.3 is 19.4 Å². The van der Waals surface area contributed by atoms with Gasteiger partial charge in [-0.2, -0.15) is 0 Å². The predicted octanol–water partition coefficient (Wildman–Crippen LogP) is 3.02. The third-order valence-electron chi connectivity index (χ3n) is 6.11. The summed E-state index contributed by atoms with van der Waals surface area (Å²) in [7, 11) is 0. The highest BCUT2D eigenvalue weighted by molar-refractivity contribution is 5.77. The zero-order valence-electron chi connectivity index (χ0n) is 17.9. The highest BCUT2D eigenvalue weighted by atomic mass is 19.4. The van der Waals surface area contributed by atoms with Crippen molar-refractivity contribution in [3.05, 3.63) is 5.89 Å². The lowest BCUT2D eigenvalue weighted by Gasteiger charge is -2.35. The number of hydrogen-bond donors (Lipinski definition) is 1. The van der Waals surface area contributed by atoms with E-state index >= 15 is 0 Å². The molecule has 1 amide bonds. The molecule has 2 aliphatic carbocycles. The molecule has 2 saturated carbocycles. The van der Waals surface area contributed by atoms with Crippen molar-refractivity contribution in [1.82, 2.24) is 15.5 Å². The molecule has 4 rings (SSSR count). The van der Waals surface area contributed by atoms with Crippen LogP contribution in [0.4, 0.5) is 32.4 Å². The molecule has 1 N–H and O–H groups in total. The quantitative estimate of drug-likeness (QED) is 0.542. The highest BCUT2D eigenvalue weighted by Crippen LogP contribution is 2.41. The van der Waals surface area contributed by atoms with Crippen LogP contribution in [-0.2, 0) is 19.0 Å². The van der Waals surface area contributed by atoms with Gasteiger partial charge in [0.25, 0.3) is 0 Å². The predicted molar refractivity (Wildman–Crippen MR) is 100 cm³/mol. The summed E-state index contributed by atoms with van der Waals surface area (Å²) < 4.78 is 91.8. The molecule has 3 aliphatic rings. The average Bonchev–Trinajstić information content (AvgIpc) is 3.14. The molecule has 0 aromatic carbocycles. The van der Waals surface area contributed by atoms with Crippen LogP contribution in [0, 0.1) is 0 Å². The van der Waals surface area contributed by atoms with Crippen LogP contribution in [0.25, 0.3) is 0 Å². The molecule has 0 atom stereocenters.